The molecule has 0 spiro atoms. The first kappa shape index (κ1) is 18.2. The maximum Gasteiger partial charge on any atom is 0.0862 e. The van der Waals surface area contributed by atoms with Crippen molar-refractivity contribution in [2.45, 2.75) is 59.7 Å². The molecule has 2 heteroatoms. The van der Waals surface area contributed by atoms with E-state index in [9.17, 15) is 10.2 Å². The lowest BCUT2D eigenvalue weighted by Gasteiger charge is -2.43. The molecule has 0 aliphatic heterocycles. The summed E-state index contributed by atoms with van der Waals surface area (Å²) in [6.07, 6.45) is 12.4. The van der Waals surface area contributed by atoms with Gasteiger partial charge in [-0.3, -0.25) is 0 Å². The minimum atomic E-state index is -0.783. The van der Waals surface area contributed by atoms with E-state index in [4.69, 9.17) is 0 Å². The summed E-state index contributed by atoms with van der Waals surface area (Å²) in [4.78, 5) is 0. The molecule has 2 nitrogen and oxygen atoms in total. The van der Waals surface area contributed by atoms with Gasteiger partial charge in [0.25, 0.3) is 0 Å². The molecule has 2 rings (SSSR count). The minimum Gasteiger partial charge on any atom is -0.385 e. The van der Waals surface area contributed by atoms with Crippen LogP contribution in [0.15, 0.2) is 47.6 Å². The molecular weight excluding hydrogens is 284 g/mol. The fourth-order valence-corrected chi connectivity index (χ4v) is 3.33. The number of allylic oxidation sites excluding steroid dienone is 4. The standard InChI is InChI=1S/C21H32O2/c1-14(2)21(7,17-8-10-19(5,22)15(3)12-17)18-9-11-20(6,23)16(4)13-18/h8-16,22-23H,1-7H3. The first-order valence-corrected chi connectivity index (χ1v) is 8.69. The van der Waals surface area contributed by atoms with Gasteiger partial charge in [0.1, 0.15) is 0 Å². The Morgan fingerprint density at radius 3 is 1.52 bits per heavy atom. The highest BCUT2D eigenvalue weighted by atomic mass is 16.3. The Bertz CT molecular complexity index is 539. The quantitative estimate of drug-likeness (QED) is 0.809. The van der Waals surface area contributed by atoms with Crippen LogP contribution in [-0.4, -0.2) is 21.4 Å². The first-order valence-electron chi connectivity index (χ1n) is 8.69. The van der Waals surface area contributed by atoms with Crippen LogP contribution in [0.1, 0.15) is 48.5 Å². The lowest BCUT2D eigenvalue weighted by atomic mass is 9.62. The van der Waals surface area contributed by atoms with Gasteiger partial charge < -0.3 is 10.2 Å². The van der Waals surface area contributed by atoms with Gasteiger partial charge in [-0.05, 0) is 30.9 Å². The molecule has 4 atom stereocenters. The molecule has 0 amide bonds. The van der Waals surface area contributed by atoms with Gasteiger partial charge in [-0.25, -0.2) is 0 Å². The van der Waals surface area contributed by atoms with E-state index >= 15 is 0 Å². The average Bonchev–Trinajstić information content (AvgIpc) is 2.43. The summed E-state index contributed by atoms with van der Waals surface area (Å²) in [5.74, 6) is 0.559. The minimum absolute atomic E-state index is 0.0780. The van der Waals surface area contributed by atoms with Crippen molar-refractivity contribution in [1.82, 2.24) is 0 Å². The lowest BCUT2D eigenvalue weighted by molar-refractivity contribution is 0.0699. The molecule has 0 radical (unpaired) electrons. The molecule has 2 aliphatic rings. The second-order valence-electron chi connectivity index (χ2n) is 8.30. The molecule has 2 N–H and O–H groups in total. The Morgan fingerprint density at radius 1 is 0.913 bits per heavy atom. The van der Waals surface area contributed by atoms with Crippen LogP contribution in [0.5, 0.6) is 0 Å². The van der Waals surface area contributed by atoms with Crippen molar-refractivity contribution in [3.63, 3.8) is 0 Å². The zero-order valence-corrected chi connectivity index (χ0v) is 15.6. The van der Waals surface area contributed by atoms with Gasteiger partial charge in [0.2, 0.25) is 0 Å². The van der Waals surface area contributed by atoms with Gasteiger partial charge in [0.05, 0.1) is 11.2 Å². The maximum absolute atomic E-state index is 10.4. The number of rotatable bonds is 3. The van der Waals surface area contributed by atoms with Gasteiger partial charge in [0, 0.05) is 17.3 Å². The van der Waals surface area contributed by atoms with Crippen molar-refractivity contribution in [3.05, 3.63) is 47.6 Å². The zero-order chi connectivity index (χ0) is 17.6. The molecular formula is C21H32O2. The molecule has 0 aromatic heterocycles. The van der Waals surface area contributed by atoms with Crippen LogP contribution in [-0.2, 0) is 0 Å². The Labute approximate surface area is 141 Å². The topological polar surface area (TPSA) is 40.5 Å². The van der Waals surface area contributed by atoms with Crippen LogP contribution in [0, 0.1) is 23.2 Å². The summed E-state index contributed by atoms with van der Waals surface area (Å²) in [5, 5.41) is 20.8. The van der Waals surface area contributed by atoms with Crippen molar-refractivity contribution < 1.29 is 10.2 Å². The first-order chi connectivity index (χ1) is 10.4. The third-order valence-corrected chi connectivity index (χ3v) is 6.26. The summed E-state index contributed by atoms with van der Waals surface area (Å²) in [6, 6.07) is 0. The molecule has 23 heavy (non-hydrogen) atoms. The number of hydrogen-bond donors (Lipinski definition) is 2. The third-order valence-electron chi connectivity index (χ3n) is 6.26. The predicted molar refractivity (Wildman–Crippen MR) is 97.0 cm³/mol. The van der Waals surface area contributed by atoms with Crippen LogP contribution < -0.4 is 0 Å². The van der Waals surface area contributed by atoms with E-state index < -0.39 is 11.2 Å². The summed E-state index contributed by atoms with van der Waals surface area (Å²) in [5.41, 5.74) is 0.791. The number of aliphatic hydroxyl groups is 2. The van der Waals surface area contributed by atoms with E-state index in [1.165, 1.54) is 11.1 Å². The van der Waals surface area contributed by atoms with Crippen LogP contribution >= 0.6 is 0 Å². The van der Waals surface area contributed by atoms with Crippen LogP contribution in [0.25, 0.3) is 0 Å². The molecule has 4 unspecified atom stereocenters. The Balaban J connectivity index is 2.47. The lowest BCUT2D eigenvalue weighted by Crippen LogP contribution is -2.37. The highest BCUT2D eigenvalue weighted by molar-refractivity contribution is 5.46. The molecule has 0 aromatic rings. The van der Waals surface area contributed by atoms with Crippen molar-refractivity contribution in [2.75, 3.05) is 0 Å². The van der Waals surface area contributed by atoms with E-state index in [1.54, 1.807) is 0 Å². The van der Waals surface area contributed by atoms with Gasteiger partial charge in [-0.15, -0.1) is 0 Å². The Kier molecular flexibility index (Phi) is 4.56. The van der Waals surface area contributed by atoms with Crippen molar-refractivity contribution in [3.8, 4) is 0 Å². The normalized spacial score (nSPS) is 39.9. The van der Waals surface area contributed by atoms with E-state index in [0.717, 1.165) is 0 Å². The Morgan fingerprint density at radius 2 is 1.26 bits per heavy atom. The van der Waals surface area contributed by atoms with Gasteiger partial charge in [-0.2, -0.15) is 0 Å². The van der Waals surface area contributed by atoms with Gasteiger partial charge >= 0.3 is 0 Å². The van der Waals surface area contributed by atoms with Crippen LogP contribution in [0.4, 0.5) is 0 Å². The van der Waals surface area contributed by atoms with Gasteiger partial charge in [-0.1, -0.05) is 71.1 Å². The highest BCUT2D eigenvalue weighted by Crippen LogP contribution is 2.48. The van der Waals surface area contributed by atoms with Crippen LogP contribution in [0.2, 0.25) is 0 Å². The second kappa shape index (κ2) is 5.75. The molecule has 0 heterocycles. The molecule has 2 aliphatic carbocycles. The predicted octanol–water partition coefficient (Wildman–Crippen LogP) is 4.42. The molecule has 0 fully saturated rings. The smallest absolute Gasteiger partial charge is 0.0862 e. The van der Waals surface area contributed by atoms with Crippen LogP contribution in [0.3, 0.4) is 0 Å². The SMILES string of the molecule is CC1C=C(C(C)(C2=CC(C)C(C)(O)C=C2)C(C)C)C=CC1(C)O. The summed E-state index contributed by atoms with van der Waals surface area (Å²) in [7, 11) is 0. The summed E-state index contributed by atoms with van der Waals surface area (Å²) >= 11 is 0. The molecule has 0 aromatic carbocycles. The van der Waals surface area contributed by atoms with E-state index in [1.807, 2.05) is 26.0 Å². The Hall–Kier alpha value is -1.12. The fourth-order valence-electron chi connectivity index (χ4n) is 3.33. The molecule has 0 bridgehead atoms. The number of hydrogen-bond acceptors (Lipinski definition) is 2. The zero-order valence-electron chi connectivity index (χ0n) is 15.6. The summed E-state index contributed by atoms with van der Waals surface area (Å²) in [6.45, 7) is 14.6. The van der Waals surface area contributed by atoms with Crippen molar-refractivity contribution in [2.24, 2.45) is 23.2 Å². The third kappa shape index (κ3) is 3.12. The maximum atomic E-state index is 10.4. The van der Waals surface area contributed by atoms with Crippen molar-refractivity contribution in [1.29, 1.82) is 0 Å². The molecule has 128 valence electrons. The second-order valence-corrected chi connectivity index (χ2v) is 8.30. The van der Waals surface area contributed by atoms with E-state index in [0.29, 0.717) is 5.92 Å². The largest absolute Gasteiger partial charge is 0.385 e. The highest BCUT2D eigenvalue weighted by Gasteiger charge is 2.40. The van der Waals surface area contributed by atoms with E-state index in [-0.39, 0.29) is 17.3 Å². The van der Waals surface area contributed by atoms with Crippen molar-refractivity contribution >= 4 is 0 Å². The van der Waals surface area contributed by atoms with E-state index in [2.05, 4.69) is 58.9 Å². The average molecular weight is 316 g/mol. The monoisotopic (exact) mass is 316 g/mol. The fraction of sp³-hybridized carbons (Fsp3) is 0.619. The molecule has 0 saturated carbocycles. The summed E-state index contributed by atoms with van der Waals surface area (Å²) < 4.78 is 0. The van der Waals surface area contributed by atoms with Gasteiger partial charge in [0.15, 0.2) is 0 Å². The molecule has 0 saturated heterocycles.